The standard InChI is InChI=1S/C13H20F11N2O4S/c1-25(6-8(28)7-26(2,3)4-5-27)31(29,30)13(23,24)11(18,19)9(14,15)10(16,17)12(20,21)22/h8,27-28H,4-7H2,1-3H3/q+1. The number of quaternary nitrogens is 1. The highest BCUT2D eigenvalue weighted by Gasteiger charge is 2.89. The highest BCUT2D eigenvalue weighted by Crippen LogP contribution is 2.58. The lowest BCUT2D eigenvalue weighted by Crippen LogP contribution is -2.69. The van der Waals surface area contributed by atoms with Crippen LogP contribution < -0.4 is 0 Å². The summed E-state index contributed by atoms with van der Waals surface area (Å²) in [6, 6.07) is 0. The lowest BCUT2D eigenvalue weighted by molar-refractivity contribution is -0.893. The number of aliphatic hydroxyl groups excluding tert-OH is 2. The van der Waals surface area contributed by atoms with Gasteiger partial charge in [0.25, 0.3) is 10.0 Å². The van der Waals surface area contributed by atoms with Gasteiger partial charge >= 0.3 is 29.2 Å². The van der Waals surface area contributed by atoms with Crippen molar-refractivity contribution in [3.63, 3.8) is 0 Å². The Hall–Kier alpha value is -0.980. The van der Waals surface area contributed by atoms with Crippen LogP contribution in [0.3, 0.4) is 0 Å². The summed E-state index contributed by atoms with van der Waals surface area (Å²) in [5.41, 5.74) is 0. The number of alkyl halides is 11. The minimum Gasteiger partial charge on any atom is -0.391 e. The summed E-state index contributed by atoms with van der Waals surface area (Å²) >= 11 is 0. The van der Waals surface area contributed by atoms with E-state index < -0.39 is 69.3 Å². The molecular weight excluding hydrogens is 489 g/mol. The highest BCUT2D eigenvalue weighted by atomic mass is 32.2. The fourth-order valence-electron chi connectivity index (χ4n) is 2.30. The second-order valence-corrected chi connectivity index (χ2v) is 9.33. The second kappa shape index (κ2) is 8.75. The molecule has 0 aliphatic heterocycles. The minimum atomic E-state index is -7.87. The Bertz CT molecular complexity index is 725. The molecule has 0 aromatic rings. The number of sulfonamides is 1. The molecule has 0 rings (SSSR count). The van der Waals surface area contributed by atoms with E-state index in [0.29, 0.717) is 0 Å². The maximum atomic E-state index is 13.9. The number of nitrogens with zero attached hydrogens (tertiary/aromatic N) is 2. The molecule has 0 saturated heterocycles. The summed E-state index contributed by atoms with van der Waals surface area (Å²) in [5.74, 6) is -23.3. The average molecular weight is 509 g/mol. The summed E-state index contributed by atoms with van der Waals surface area (Å²) < 4.78 is 166. The first-order valence-corrected chi connectivity index (χ1v) is 9.42. The molecule has 0 amide bonds. The van der Waals surface area contributed by atoms with E-state index >= 15 is 0 Å². The van der Waals surface area contributed by atoms with Gasteiger partial charge in [-0.2, -0.15) is 52.6 Å². The number of rotatable bonds is 11. The molecular formula is C13H20F11N2O4S+. The molecule has 0 heterocycles. The van der Waals surface area contributed by atoms with Gasteiger partial charge in [-0.25, -0.2) is 8.42 Å². The quantitative estimate of drug-likeness (QED) is 0.329. The predicted octanol–water partition coefficient (Wildman–Crippen LogP) is 1.74. The lowest BCUT2D eigenvalue weighted by atomic mass is 10.0. The monoisotopic (exact) mass is 509 g/mol. The fourth-order valence-corrected chi connectivity index (χ4v) is 3.51. The van der Waals surface area contributed by atoms with E-state index in [1.165, 1.54) is 14.1 Å². The summed E-state index contributed by atoms with van der Waals surface area (Å²) in [7, 11) is -4.19. The molecule has 0 fully saturated rings. The van der Waals surface area contributed by atoms with Crippen molar-refractivity contribution >= 4 is 10.0 Å². The first-order valence-electron chi connectivity index (χ1n) is 7.98. The molecule has 6 nitrogen and oxygen atoms in total. The van der Waals surface area contributed by atoms with Gasteiger partial charge in [-0.1, -0.05) is 0 Å². The molecule has 0 aliphatic carbocycles. The van der Waals surface area contributed by atoms with E-state index in [4.69, 9.17) is 5.11 Å². The maximum absolute atomic E-state index is 13.9. The molecule has 18 heteroatoms. The molecule has 188 valence electrons. The average Bonchev–Trinajstić information content (AvgIpc) is 2.51. The van der Waals surface area contributed by atoms with Crippen LogP contribution in [-0.4, -0.2) is 110 Å². The first kappa shape index (κ1) is 30.0. The third kappa shape index (κ3) is 5.33. The maximum Gasteiger partial charge on any atom is 0.460 e. The number of aliphatic hydroxyl groups is 2. The van der Waals surface area contributed by atoms with E-state index in [2.05, 4.69) is 0 Å². The number of hydrogen-bond donors (Lipinski definition) is 2. The Morgan fingerprint density at radius 2 is 1.29 bits per heavy atom. The van der Waals surface area contributed by atoms with Crippen LogP contribution in [-0.2, 0) is 10.0 Å². The molecule has 1 atom stereocenters. The van der Waals surface area contributed by atoms with Gasteiger partial charge in [0.05, 0.1) is 20.7 Å². The summed E-state index contributed by atoms with van der Waals surface area (Å²) in [5, 5.41) is 11.4. The lowest BCUT2D eigenvalue weighted by Gasteiger charge is -2.38. The van der Waals surface area contributed by atoms with Crippen LogP contribution in [0.25, 0.3) is 0 Å². The zero-order valence-corrected chi connectivity index (χ0v) is 16.9. The summed E-state index contributed by atoms with van der Waals surface area (Å²) in [6.07, 6.45) is -9.33. The van der Waals surface area contributed by atoms with Crippen molar-refractivity contribution in [3.05, 3.63) is 0 Å². The van der Waals surface area contributed by atoms with Crippen LogP contribution >= 0.6 is 0 Å². The normalized spacial score (nSPS) is 16.7. The van der Waals surface area contributed by atoms with Crippen LogP contribution in [0.2, 0.25) is 0 Å². The van der Waals surface area contributed by atoms with Crippen molar-refractivity contribution in [1.29, 1.82) is 0 Å². The number of likely N-dealkylation sites (N-methyl/N-ethyl adjacent to an activating group) is 2. The van der Waals surface area contributed by atoms with E-state index in [0.717, 1.165) is 0 Å². The molecule has 0 saturated carbocycles. The van der Waals surface area contributed by atoms with Gasteiger partial charge in [-0.3, -0.25) is 0 Å². The van der Waals surface area contributed by atoms with E-state index in [9.17, 15) is 61.8 Å². The molecule has 31 heavy (non-hydrogen) atoms. The minimum absolute atomic E-state index is 0.0551. The van der Waals surface area contributed by atoms with Gasteiger partial charge in [0, 0.05) is 13.6 Å². The highest BCUT2D eigenvalue weighted by molar-refractivity contribution is 7.90. The second-order valence-electron chi connectivity index (χ2n) is 7.24. The third-order valence-corrected chi connectivity index (χ3v) is 6.00. The van der Waals surface area contributed by atoms with Crippen LogP contribution in [0, 0.1) is 0 Å². The van der Waals surface area contributed by atoms with Crippen LogP contribution in [0.4, 0.5) is 48.3 Å². The van der Waals surface area contributed by atoms with Gasteiger partial charge in [-0.05, 0) is 0 Å². The zero-order valence-electron chi connectivity index (χ0n) is 16.1. The Morgan fingerprint density at radius 3 is 1.65 bits per heavy atom. The Labute approximate surface area is 169 Å². The largest absolute Gasteiger partial charge is 0.460 e. The molecule has 1 unspecified atom stereocenters. The van der Waals surface area contributed by atoms with Gasteiger partial charge in [0.15, 0.2) is 0 Å². The predicted molar refractivity (Wildman–Crippen MR) is 82.3 cm³/mol. The van der Waals surface area contributed by atoms with Gasteiger partial charge in [0.1, 0.15) is 19.2 Å². The van der Waals surface area contributed by atoms with Gasteiger partial charge < -0.3 is 14.7 Å². The van der Waals surface area contributed by atoms with Crippen molar-refractivity contribution in [1.82, 2.24) is 4.31 Å². The van der Waals surface area contributed by atoms with E-state index in [1.807, 2.05) is 0 Å². The summed E-state index contributed by atoms with van der Waals surface area (Å²) in [6.45, 7) is -2.42. The SMILES string of the molecule is CN(CC(O)C[N+](C)(C)CCO)S(=O)(=O)C(F)(F)C(F)(F)C(F)(F)C(F)(F)C(F)(F)F. The van der Waals surface area contributed by atoms with Crippen LogP contribution in [0.15, 0.2) is 0 Å². The first-order chi connectivity index (χ1) is 13.3. The molecule has 0 aromatic carbocycles. The third-order valence-electron chi connectivity index (χ3n) is 4.12. The smallest absolute Gasteiger partial charge is 0.391 e. The van der Waals surface area contributed by atoms with E-state index in [-0.39, 0.29) is 18.1 Å². The van der Waals surface area contributed by atoms with Crippen molar-refractivity contribution in [3.8, 4) is 0 Å². The topological polar surface area (TPSA) is 77.8 Å². The molecule has 0 aliphatic rings. The molecule has 0 aromatic heterocycles. The van der Waals surface area contributed by atoms with Crippen molar-refractivity contribution in [2.75, 3.05) is 47.4 Å². The van der Waals surface area contributed by atoms with Crippen molar-refractivity contribution in [2.45, 2.75) is 35.3 Å². The molecule has 0 spiro atoms. The van der Waals surface area contributed by atoms with Crippen LogP contribution in [0.5, 0.6) is 0 Å². The Morgan fingerprint density at radius 1 is 0.871 bits per heavy atom. The molecule has 2 N–H and O–H groups in total. The van der Waals surface area contributed by atoms with E-state index in [1.54, 1.807) is 0 Å². The van der Waals surface area contributed by atoms with Crippen molar-refractivity contribution in [2.24, 2.45) is 0 Å². The number of halogens is 11. The Balaban J connectivity index is 6.02. The zero-order chi connectivity index (χ0) is 25.5. The molecule has 0 bridgehead atoms. The van der Waals surface area contributed by atoms with Crippen LogP contribution in [0.1, 0.15) is 0 Å². The Kier molecular flexibility index (Phi) is 8.48. The summed E-state index contributed by atoms with van der Waals surface area (Å²) in [4.78, 5) is 0. The number of hydrogen-bond acceptors (Lipinski definition) is 4. The molecule has 0 radical (unpaired) electrons. The van der Waals surface area contributed by atoms with Crippen molar-refractivity contribution < 1.29 is 71.4 Å². The van der Waals surface area contributed by atoms with Gasteiger partial charge in [-0.15, -0.1) is 0 Å². The fraction of sp³-hybridized carbons (Fsp3) is 1.00. The van der Waals surface area contributed by atoms with Gasteiger partial charge in [0.2, 0.25) is 0 Å².